The summed E-state index contributed by atoms with van der Waals surface area (Å²) < 4.78 is 6.49. The van der Waals surface area contributed by atoms with E-state index in [1.54, 1.807) is 6.08 Å². The molecule has 98 valence electrons. The van der Waals surface area contributed by atoms with Gasteiger partial charge in [-0.05, 0) is 45.6 Å². The fraction of sp³-hybridized carbons (Fsp3) is 0.308. The lowest BCUT2D eigenvalue weighted by molar-refractivity contribution is -0.116. The number of halogens is 1. The third-order valence-corrected chi connectivity index (χ3v) is 2.72. The van der Waals surface area contributed by atoms with Gasteiger partial charge in [0.25, 0.3) is 5.91 Å². The van der Waals surface area contributed by atoms with Crippen LogP contribution < -0.4 is 16.0 Å². The van der Waals surface area contributed by atoms with Gasteiger partial charge in [0.05, 0.1) is 11.1 Å². The van der Waals surface area contributed by atoms with Gasteiger partial charge in [0.15, 0.2) is 0 Å². The Balaban J connectivity index is 2.73. The van der Waals surface area contributed by atoms with Crippen molar-refractivity contribution in [3.63, 3.8) is 0 Å². The van der Waals surface area contributed by atoms with E-state index in [-0.39, 0.29) is 5.91 Å². The quantitative estimate of drug-likeness (QED) is 0.380. The second-order valence-electron chi connectivity index (χ2n) is 4.24. The number of hydrazine groups is 1. The van der Waals surface area contributed by atoms with Crippen LogP contribution in [-0.4, -0.2) is 12.5 Å². The molecule has 5 heteroatoms. The van der Waals surface area contributed by atoms with Gasteiger partial charge in [0.1, 0.15) is 5.75 Å². The highest BCUT2D eigenvalue weighted by molar-refractivity contribution is 9.10. The first-order valence-corrected chi connectivity index (χ1v) is 6.43. The molecule has 1 rings (SSSR count). The Kier molecular flexibility index (Phi) is 5.88. The minimum absolute atomic E-state index is 0.341. The van der Waals surface area contributed by atoms with Crippen LogP contribution in [0, 0.1) is 5.92 Å². The summed E-state index contributed by atoms with van der Waals surface area (Å²) in [5.74, 6) is 5.91. The lowest BCUT2D eigenvalue weighted by Gasteiger charge is -2.10. The Labute approximate surface area is 115 Å². The molecule has 0 fully saturated rings. The molecule has 18 heavy (non-hydrogen) atoms. The summed E-state index contributed by atoms with van der Waals surface area (Å²) in [5, 5.41) is 0. The minimum atomic E-state index is -0.341. The standard InChI is InChI=1S/C13H17BrN2O2/c1-9(2)8-18-12-5-3-10(7-11(12)14)4-6-13(17)16-15/h3-7,9H,8,15H2,1-2H3,(H,16,17). The maximum absolute atomic E-state index is 11.0. The van der Waals surface area contributed by atoms with Gasteiger partial charge in [-0.3, -0.25) is 10.2 Å². The van der Waals surface area contributed by atoms with Crippen molar-refractivity contribution >= 4 is 27.9 Å². The summed E-state index contributed by atoms with van der Waals surface area (Å²) in [6, 6.07) is 5.63. The van der Waals surface area contributed by atoms with Crippen molar-refractivity contribution in [2.75, 3.05) is 6.61 Å². The largest absolute Gasteiger partial charge is 0.492 e. The molecule has 4 nitrogen and oxygen atoms in total. The number of nitrogens with one attached hydrogen (secondary N) is 1. The summed E-state index contributed by atoms with van der Waals surface area (Å²) >= 11 is 3.44. The molecule has 1 amide bonds. The molecule has 0 aliphatic heterocycles. The van der Waals surface area contributed by atoms with Crippen molar-refractivity contribution in [1.29, 1.82) is 0 Å². The van der Waals surface area contributed by atoms with E-state index >= 15 is 0 Å². The molecule has 0 atom stereocenters. The number of hydrogen-bond donors (Lipinski definition) is 2. The summed E-state index contributed by atoms with van der Waals surface area (Å²) in [7, 11) is 0. The number of ether oxygens (including phenoxy) is 1. The fourth-order valence-electron chi connectivity index (χ4n) is 1.21. The van der Waals surface area contributed by atoms with Crippen LogP contribution in [0.4, 0.5) is 0 Å². The molecule has 1 aromatic carbocycles. The normalized spacial score (nSPS) is 10.9. The Morgan fingerprint density at radius 3 is 2.83 bits per heavy atom. The van der Waals surface area contributed by atoms with E-state index < -0.39 is 0 Å². The van der Waals surface area contributed by atoms with E-state index in [0.29, 0.717) is 12.5 Å². The second kappa shape index (κ2) is 7.18. The van der Waals surface area contributed by atoms with Gasteiger partial charge in [0, 0.05) is 6.08 Å². The number of benzene rings is 1. The molecule has 0 saturated heterocycles. The van der Waals surface area contributed by atoms with Crippen LogP contribution in [0.2, 0.25) is 0 Å². The maximum atomic E-state index is 11.0. The molecule has 0 aliphatic rings. The molecule has 0 unspecified atom stereocenters. The van der Waals surface area contributed by atoms with Crippen molar-refractivity contribution in [3.05, 3.63) is 34.3 Å². The highest BCUT2D eigenvalue weighted by atomic mass is 79.9. The molecule has 0 saturated carbocycles. The van der Waals surface area contributed by atoms with Crippen molar-refractivity contribution < 1.29 is 9.53 Å². The molecular formula is C13H17BrN2O2. The Morgan fingerprint density at radius 1 is 1.56 bits per heavy atom. The number of rotatable bonds is 5. The Morgan fingerprint density at radius 2 is 2.28 bits per heavy atom. The van der Waals surface area contributed by atoms with Crippen LogP contribution >= 0.6 is 15.9 Å². The van der Waals surface area contributed by atoms with Crippen LogP contribution in [0.5, 0.6) is 5.75 Å². The average Bonchev–Trinajstić information content (AvgIpc) is 2.34. The van der Waals surface area contributed by atoms with E-state index in [1.165, 1.54) is 6.08 Å². The van der Waals surface area contributed by atoms with Gasteiger partial charge in [-0.2, -0.15) is 0 Å². The second-order valence-corrected chi connectivity index (χ2v) is 5.09. The summed E-state index contributed by atoms with van der Waals surface area (Å²) in [6.45, 7) is 4.86. The zero-order chi connectivity index (χ0) is 13.5. The van der Waals surface area contributed by atoms with E-state index in [0.717, 1.165) is 15.8 Å². The van der Waals surface area contributed by atoms with Crippen molar-refractivity contribution in [2.45, 2.75) is 13.8 Å². The first-order chi connectivity index (χ1) is 8.52. The number of nitrogens with two attached hydrogens (primary N) is 1. The van der Waals surface area contributed by atoms with Gasteiger partial charge in [0.2, 0.25) is 0 Å². The molecule has 0 heterocycles. The van der Waals surface area contributed by atoms with Crippen LogP contribution in [0.3, 0.4) is 0 Å². The third-order valence-electron chi connectivity index (χ3n) is 2.10. The predicted octanol–water partition coefficient (Wildman–Crippen LogP) is 2.49. The number of carbonyl (C=O) groups excluding carboxylic acids is 1. The van der Waals surface area contributed by atoms with E-state index in [1.807, 2.05) is 23.6 Å². The Bertz CT molecular complexity index is 445. The predicted molar refractivity (Wildman–Crippen MR) is 75.8 cm³/mol. The number of hydrogen-bond acceptors (Lipinski definition) is 3. The van der Waals surface area contributed by atoms with E-state index in [9.17, 15) is 4.79 Å². The molecule has 0 aliphatic carbocycles. The van der Waals surface area contributed by atoms with Crippen LogP contribution in [0.1, 0.15) is 19.4 Å². The highest BCUT2D eigenvalue weighted by Crippen LogP contribution is 2.26. The lowest BCUT2D eigenvalue weighted by Crippen LogP contribution is -2.27. The first-order valence-electron chi connectivity index (χ1n) is 5.64. The maximum Gasteiger partial charge on any atom is 0.257 e. The molecule has 0 radical (unpaired) electrons. The topological polar surface area (TPSA) is 64.3 Å². The summed E-state index contributed by atoms with van der Waals surface area (Å²) in [4.78, 5) is 11.0. The van der Waals surface area contributed by atoms with Crippen molar-refractivity contribution in [3.8, 4) is 5.75 Å². The molecule has 0 bridgehead atoms. The summed E-state index contributed by atoms with van der Waals surface area (Å²) in [5.41, 5.74) is 2.92. The van der Waals surface area contributed by atoms with Crippen LogP contribution in [0.25, 0.3) is 6.08 Å². The first kappa shape index (κ1) is 14.7. The van der Waals surface area contributed by atoms with Crippen LogP contribution in [-0.2, 0) is 4.79 Å². The number of carbonyl (C=O) groups is 1. The lowest BCUT2D eigenvalue weighted by atomic mass is 10.2. The van der Waals surface area contributed by atoms with E-state index in [4.69, 9.17) is 10.6 Å². The van der Waals surface area contributed by atoms with Gasteiger partial charge >= 0.3 is 0 Å². The van der Waals surface area contributed by atoms with Gasteiger partial charge < -0.3 is 4.74 Å². The van der Waals surface area contributed by atoms with Gasteiger partial charge in [-0.1, -0.05) is 19.9 Å². The van der Waals surface area contributed by atoms with E-state index in [2.05, 4.69) is 29.8 Å². The SMILES string of the molecule is CC(C)COc1ccc(C=CC(=O)NN)cc1Br. The zero-order valence-electron chi connectivity index (χ0n) is 10.4. The monoisotopic (exact) mass is 312 g/mol. The molecule has 0 spiro atoms. The Hall–Kier alpha value is -1.33. The van der Waals surface area contributed by atoms with Gasteiger partial charge in [-0.15, -0.1) is 0 Å². The van der Waals surface area contributed by atoms with Crippen molar-refractivity contribution in [2.24, 2.45) is 11.8 Å². The zero-order valence-corrected chi connectivity index (χ0v) is 12.0. The third kappa shape index (κ3) is 4.89. The minimum Gasteiger partial charge on any atom is -0.492 e. The van der Waals surface area contributed by atoms with Gasteiger partial charge in [-0.25, -0.2) is 5.84 Å². The van der Waals surface area contributed by atoms with Crippen LogP contribution in [0.15, 0.2) is 28.7 Å². The molecule has 0 aromatic heterocycles. The smallest absolute Gasteiger partial charge is 0.257 e. The molecular weight excluding hydrogens is 296 g/mol. The molecule has 3 N–H and O–H groups in total. The fourth-order valence-corrected chi connectivity index (χ4v) is 1.73. The highest BCUT2D eigenvalue weighted by Gasteiger charge is 2.03. The average molecular weight is 313 g/mol. The molecule has 1 aromatic rings. The summed E-state index contributed by atoms with van der Waals surface area (Å²) in [6.07, 6.45) is 3.05. The number of amides is 1. The van der Waals surface area contributed by atoms with Crippen molar-refractivity contribution in [1.82, 2.24) is 5.43 Å².